The monoisotopic (exact) mass is 478 g/mol. The van der Waals surface area contributed by atoms with Gasteiger partial charge in [-0.15, -0.1) is 35.3 Å². The average Bonchev–Trinajstić information content (AvgIpc) is 2.96. The van der Waals surface area contributed by atoms with E-state index < -0.39 is 12.7 Å². The Morgan fingerprint density at radius 2 is 2.08 bits per heavy atom. The molecule has 1 aromatic heterocycles. The first-order valence-electron chi connectivity index (χ1n) is 7.62. The van der Waals surface area contributed by atoms with Crippen molar-refractivity contribution in [3.05, 3.63) is 22.4 Å². The molecule has 0 bridgehead atoms. The van der Waals surface area contributed by atoms with Crippen LogP contribution >= 0.6 is 35.3 Å². The molecule has 0 fully saturated rings. The average molecular weight is 478 g/mol. The Bertz CT molecular complexity index is 466. The summed E-state index contributed by atoms with van der Waals surface area (Å²) in [6, 6.07) is 4.09. The van der Waals surface area contributed by atoms with Crippen LogP contribution in [0.4, 0.5) is 13.2 Å². The first-order valence-corrected chi connectivity index (χ1v) is 8.50. The molecule has 140 valence electrons. The minimum atomic E-state index is -4.16. The molecule has 1 atom stereocenters. The summed E-state index contributed by atoms with van der Waals surface area (Å²) < 4.78 is 36.8. The van der Waals surface area contributed by atoms with E-state index in [4.69, 9.17) is 0 Å². The number of halogens is 4. The van der Waals surface area contributed by atoms with E-state index in [1.54, 1.807) is 11.3 Å². The predicted octanol–water partition coefficient (Wildman–Crippen LogP) is 3.52. The van der Waals surface area contributed by atoms with Crippen molar-refractivity contribution in [1.82, 2.24) is 15.5 Å². The fourth-order valence-electron chi connectivity index (χ4n) is 1.98. The topological polar surface area (TPSA) is 39.7 Å². The summed E-state index contributed by atoms with van der Waals surface area (Å²) in [5.41, 5.74) is 0. The molecule has 0 spiro atoms. The number of aliphatic imine (C=N–C) groups is 1. The Morgan fingerprint density at radius 1 is 1.38 bits per heavy atom. The molecule has 0 aliphatic heterocycles. The molecule has 2 N–H and O–H groups in total. The molecule has 0 radical (unpaired) electrons. The largest absolute Gasteiger partial charge is 0.401 e. The van der Waals surface area contributed by atoms with Crippen LogP contribution in [-0.2, 0) is 0 Å². The minimum absolute atomic E-state index is 0. The van der Waals surface area contributed by atoms with Gasteiger partial charge in [-0.3, -0.25) is 9.89 Å². The summed E-state index contributed by atoms with van der Waals surface area (Å²) in [5, 5.41) is 8.22. The summed E-state index contributed by atoms with van der Waals surface area (Å²) in [6.07, 6.45) is -4.16. The highest BCUT2D eigenvalue weighted by Crippen LogP contribution is 2.20. The molecule has 24 heavy (non-hydrogen) atoms. The minimum Gasteiger partial charge on any atom is -0.357 e. The van der Waals surface area contributed by atoms with Crippen LogP contribution in [0.15, 0.2) is 22.5 Å². The van der Waals surface area contributed by atoms with Crippen LogP contribution in [0.2, 0.25) is 0 Å². The number of thiophene rings is 1. The first kappa shape index (κ1) is 23.4. The van der Waals surface area contributed by atoms with Crippen LogP contribution in [0.25, 0.3) is 0 Å². The smallest absolute Gasteiger partial charge is 0.357 e. The van der Waals surface area contributed by atoms with Gasteiger partial charge in [-0.25, -0.2) is 0 Å². The van der Waals surface area contributed by atoms with E-state index in [2.05, 4.69) is 28.6 Å². The van der Waals surface area contributed by atoms with Gasteiger partial charge in [-0.05, 0) is 25.4 Å². The molecule has 0 aliphatic carbocycles. The molecule has 0 aromatic carbocycles. The highest BCUT2D eigenvalue weighted by molar-refractivity contribution is 14.0. The van der Waals surface area contributed by atoms with Crippen LogP contribution in [0.3, 0.4) is 0 Å². The van der Waals surface area contributed by atoms with Gasteiger partial charge < -0.3 is 10.6 Å². The van der Waals surface area contributed by atoms with E-state index in [0.717, 1.165) is 0 Å². The number of likely N-dealkylation sites (N-methyl/N-ethyl adjacent to an activating group) is 1. The number of alkyl halides is 3. The molecule has 0 saturated heterocycles. The third-order valence-electron chi connectivity index (χ3n) is 3.13. The Hall–Kier alpha value is -0.550. The fraction of sp³-hybridized carbons (Fsp3) is 0.667. The maximum Gasteiger partial charge on any atom is 0.401 e. The lowest BCUT2D eigenvalue weighted by molar-refractivity contribution is -0.142. The Labute approximate surface area is 162 Å². The summed E-state index contributed by atoms with van der Waals surface area (Å²) in [4.78, 5) is 7.01. The summed E-state index contributed by atoms with van der Waals surface area (Å²) >= 11 is 1.70. The molecule has 1 heterocycles. The molecule has 1 aromatic rings. The molecular weight excluding hydrogens is 452 g/mol. The summed E-state index contributed by atoms with van der Waals surface area (Å²) in [7, 11) is 1.46. The number of hydrogen-bond acceptors (Lipinski definition) is 3. The zero-order valence-corrected chi connectivity index (χ0v) is 17.3. The Kier molecular flexibility index (Phi) is 11.6. The zero-order valence-electron chi connectivity index (χ0n) is 14.2. The first-order chi connectivity index (χ1) is 10.8. The number of guanidine groups is 1. The maximum atomic E-state index is 12.3. The molecular formula is C15H26F3IN4S. The lowest BCUT2D eigenvalue weighted by atomic mass is 10.1. The molecule has 0 aliphatic rings. The number of nitrogens with zero attached hydrogens (tertiary/aromatic N) is 2. The van der Waals surface area contributed by atoms with Gasteiger partial charge >= 0.3 is 6.18 Å². The van der Waals surface area contributed by atoms with E-state index in [1.807, 2.05) is 18.4 Å². The van der Waals surface area contributed by atoms with Crippen molar-refractivity contribution in [2.24, 2.45) is 4.99 Å². The van der Waals surface area contributed by atoms with Gasteiger partial charge in [0.25, 0.3) is 0 Å². The molecule has 1 unspecified atom stereocenters. The SMILES string of the molecule is CCNC(=NCC(C)c1cccs1)NCCN(C)CC(F)(F)F.I. The third kappa shape index (κ3) is 10.3. The van der Waals surface area contributed by atoms with Gasteiger partial charge in [0.1, 0.15) is 0 Å². The lowest BCUT2D eigenvalue weighted by Gasteiger charge is -2.19. The van der Waals surface area contributed by atoms with E-state index in [0.29, 0.717) is 38.1 Å². The van der Waals surface area contributed by atoms with Gasteiger partial charge in [0, 0.05) is 30.4 Å². The van der Waals surface area contributed by atoms with Crippen molar-refractivity contribution in [2.75, 3.05) is 39.8 Å². The van der Waals surface area contributed by atoms with Crippen molar-refractivity contribution < 1.29 is 13.2 Å². The zero-order chi connectivity index (χ0) is 17.3. The van der Waals surface area contributed by atoms with Crippen molar-refractivity contribution in [3.8, 4) is 0 Å². The van der Waals surface area contributed by atoms with E-state index in [1.165, 1.54) is 16.8 Å². The summed E-state index contributed by atoms with van der Waals surface area (Å²) in [6.45, 7) is 5.20. The molecule has 4 nitrogen and oxygen atoms in total. The van der Waals surface area contributed by atoms with E-state index >= 15 is 0 Å². The number of rotatable bonds is 8. The maximum absolute atomic E-state index is 12.3. The van der Waals surface area contributed by atoms with E-state index in [-0.39, 0.29) is 24.0 Å². The van der Waals surface area contributed by atoms with Crippen molar-refractivity contribution >= 4 is 41.3 Å². The Balaban J connectivity index is 0.00000529. The van der Waals surface area contributed by atoms with Gasteiger partial charge in [-0.1, -0.05) is 13.0 Å². The van der Waals surface area contributed by atoms with Crippen LogP contribution in [0, 0.1) is 0 Å². The second-order valence-corrected chi connectivity index (χ2v) is 6.40. The lowest BCUT2D eigenvalue weighted by Crippen LogP contribution is -2.42. The van der Waals surface area contributed by atoms with Gasteiger partial charge in [0.05, 0.1) is 13.1 Å². The quantitative estimate of drug-likeness (QED) is 0.341. The van der Waals surface area contributed by atoms with Crippen molar-refractivity contribution in [1.29, 1.82) is 0 Å². The second-order valence-electron chi connectivity index (χ2n) is 5.42. The standard InChI is InChI=1S/C15H25F3N4S.HI/c1-4-19-14(20-7-8-22(3)11-15(16,17)18)21-10-12(2)13-6-5-9-23-13;/h5-6,9,12H,4,7-8,10-11H2,1-3H3,(H2,19,20,21);1H. The molecule has 0 saturated carbocycles. The van der Waals surface area contributed by atoms with Crippen molar-refractivity contribution in [3.63, 3.8) is 0 Å². The van der Waals surface area contributed by atoms with Crippen LogP contribution in [-0.4, -0.2) is 56.8 Å². The highest BCUT2D eigenvalue weighted by Gasteiger charge is 2.28. The molecule has 1 rings (SSSR count). The summed E-state index contributed by atoms with van der Waals surface area (Å²) in [5.74, 6) is 0.953. The normalized spacial score (nSPS) is 13.5. The molecule has 0 amide bonds. The van der Waals surface area contributed by atoms with Gasteiger partial charge in [-0.2, -0.15) is 13.2 Å². The second kappa shape index (κ2) is 11.9. The van der Waals surface area contributed by atoms with Crippen molar-refractivity contribution in [2.45, 2.75) is 25.9 Å². The third-order valence-corrected chi connectivity index (χ3v) is 4.24. The van der Waals surface area contributed by atoms with Crippen LogP contribution < -0.4 is 10.6 Å². The Morgan fingerprint density at radius 3 is 2.62 bits per heavy atom. The van der Waals surface area contributed by atoms with Crippen LogP contribution in [0.1, 0.15) is 24.6 Å². The van der Waals surface area contributed by atoms with Gasteiger partial charge in [0.2, 0.25) is 0 Å². The predicted molar refractivity (Wildman–Crippen MR) is 106 cm³/mol. The fourth-order valence-corrected chi connectivity index (χ4v) is 2.76. The van der Waals surface area contributed by atoms with Gasteiger partial charge in [0.15, 0.2) is 5.96 Å². The van der Waals surface area contributed by atoms with E-state index in [9.17, 15) is 13.2 Å². The highest BCUT2D eigenvalue weighted by atomic mass is 127. The van der Waals surface area contributed by atoms with Crippen LogP contribution in [0.5, 0.6) is 0 Å². The number of hydrogen-bond donors (Lipinski definition) is 2. The number of nitrogens with one attached hydrogen (secondary N) is 2. The molecule has 9 heteroatoms.